The molecule has 0 radical (unpaired) electrons. The molecule has 4 rings (SSSR count). The normalized spacial score (nSPS) is 17.4. The Morgan fingerprint density at radius 1 is 1.07 bits per heavy atom. The fraction of sp³-hybridized carbons (Fsp3) is 0.250. The van der Waals surface area contributed by atoms with Gasteiger partial charge in [-0.3, -0.25) is 4.79 Å². The maximum absolute atomic E-state index is 13.3. The summed E-state index contributed by atoms with van der Waals surface area (Å²) >= 11 is 3.45. The van der Waals surface area contributed by atoms with Gasteiger partial charge in [0.05, 0.1) is 17.6 Å². The second-order valence-corrected chi connectivity index (χ2v) is 7.46. The SMILES string of the molecule is O=C(C1CCNCC1)N(C1=CN(c2ccccc2)NO1)c1ccc(Br)cc1. The maximum atomic E-state index is 13.3. The number of hydrogen-bond acceptors (Lipinski definition) is 5. The molecular weight excluding hydrogens is 408 g/mol. The highest BCUT2D eigenvalue weighted by Gasteiger charge is 2.32. The minimum absolute atomic E-state index is 0.0230. The van der Waals surface area contributed by atoms with E-state index in [0.717, 1.165) is 41.8 Å². The monoisotopic (exact) mass is 428 g/mol. The second-order valence-electron chi connectivity index (χ2n) is 6.54. The van der Waals surface area contributed by atoms with Crippen molar-refractivity contribution in [1.82, 2.24) is 10.9 Å². The molecule has 1 fully saturated rings. The number of hydrogen-bond donors (Lipinski definition) is 2. The van der Waals surface area contributed by atoms with Crippen molar-refractivity contribution in [3.8, 4) is 0 Å². The lowest BCUT2D eigenvalue weighted by molar-refractivity contribution is -0.123. The first-order valence-electron chi connectivity index (χ1n) is 9.01. The van der Waals surface area contributed by atoms with Crippen LogP contribution in [0.4, 0.5) is 11.4 Å². The van der Waals surface area contributed by atoms with E-state index in [1.165, 1.54) is 0 Å². The Morgan fingerprint density at radius 3 is 2.48 bits per heavy atom. The lowest BCUT2D eigenvalue weighted by atomic mass is 9.96. The van der Waals surface area contributed by atoms with Crippen molar-refractivity contribution in [2.24, 2.45) is 5.92 Å². The summed E-state index contributed by atoms with van der Waals surface area (Å²) in [6.07, 6.45) is 3.46. The number of nitrogens with one attached hydrogen (secondary N) is 2. The molecule has 2 aromatic rings. The van der Waals surface area contributed by atoms with E-state index >= 15 is 0 Å². The smallest absolute Gasteiger partial charge is 0.246 e. The number of benzene rings is 2. The van der Waals surface area contributed by atoms with Crippen molar-refractivity contribution in [3.63, 3.8) is 0 Å². The molecule has 2 heterocycles. The van der Waals surface area contributed by atoms with Crippen molar-refractivity contribution >= 4 is 33.2 Å². The molecule has 0 saturated carbocycles. The number of halogens is 1. The van der Waals surface area contributed by atoms with Crippen molar-refractivity contribution in [2.45, 2.75) is 12.8 Å². The van der Waals surface area contributed by atoms with E-state index < -0.39 is 0 Å². The quantitative estimate of drug-likeness (QED) is 0.779. The van der Waals surface area contributed by atoms with Crippen LogP contribution in [-0.4, -0.2) is 19.0 Å². The zero-order valence-electron chi connectivity index (χ0n) is 14.8. The second kappa shape index (κ2) is 8.12. The number of para-hydroxylation sites is 1. The lowest BCUT2D eigenvalue weighted by Gasteiger charge is -2.29. The van der Waals surface area contributed by atoms with Gasteiger partial charge in [0, 0.05) is 10.4 Å². The number of rotatable bonds is 4. The van der Waals surface area contributed by atoms with E-state index in [1.807, 2.05) is 54.6 Å². The number of hydrazine groups is 1. The van der Waals surface area contributed by atoms with Gasteiger partial charge in [0.15, 0.2) is 0 Å². The molecule has 2 aliphatic heterocycles. The van der Waals surface area contributed by atoms with Crippen molar-refractivity contribution in [3.05, 3.63) is 71.2 Å². The van der Waals surface area contributed by atoms with Gasteiger partial charge in [-0.25, -0.2) is 9.91 Å². The molecule has 27 heavy (non-hydrogen) atoms. The minimum Gasteiger partial charge on any atom is -0.368 e. The number of anilines is 2. The molecule has 1 amide bonds. The van der Waals surface area contributed by atoms with Crippen LogP contribution in [0, 0.1) is 5.92 Å². The molecule has 2 aliphatic rings. The number of carbonyl (C=O) groups is 1. The van der Waals surface area contributed by atoms with E-state index in [-0.39, 0.29) is 11.8 Å². The predicted octanol–water partition coefficient (Wildman–Crippen LogP) is 3.54. The molecule has 0 aromatic heterocycles. The highest BCUT2D eigenvalue weighted by molar-refractivity contribution is 9.10. The van der Waals surface area contributed by atoms with E-state index in [9.17, 15) is 4.79 Å². The Kier molecular flexibility index (Phi) is 5.42. The number of nitrogens with zero attached hydrogens (tertiary/aromatic N) is 2. The highest BCUT2D eigenvalue weighted by Crippen LogP contribution is 2.29. The van der Waals surface area contributed by atoms with Gasteiger partial charge in [-0.05, 0) is 62.3 Å². The lowest BCUT2D eigenvalue weighted by Crippen LogP contribution is -2.41. The van der Waals surface area contributed by atoms with Crippen LogP contribution in [0.5, 0.6) is 0 Å². The first-order chi connectivity index (χ1) is 13.2. The fourth-order valence-corrected chi connectivity index (χ4v) is 3.55. The number of amides is 1. The molecule has 2 aromatic carbocycles. The summed E-state index contributed by atoms with van der Waals surface area (Å²) in [5, 5.41) is 5.07. The van der Waals surface area contributed by atoms with Gasteiger partial charge in [-0.15, -0.1) is 0 Å². The Bertz CT molecular complexity index is 820. The number of piperidine rings is 1. The summed E-state index contributed by atoms with van der Waals surface area (Å²) in [4.78, 5) is 20.7. The number of carbonyl (C=O) groups excluding carboxylic acids is 1. The fourth-order valence-electron chi connectivity index (χ4n) is 3.28. The zero-order valence-corrected chi connectivity index (χ0v) is 16.4. The van der Waals surface area contributed by atoms with Gasteiger partial charge in [0.1, 0.15) is 0 Å². The minimum atomic E-state index is -0.0230. The summed E-state index contributed by atoms with van der Waals surface area (Å²) in [5.74, 6) is 0.497. The molecule has 0 unspecified atom stereocenters. The maximum Gasteiger partial charge on any atom is 0.246 e. The molecule has 0 atom stereocenters. The Morgan fingerprint density at radius 2 is 1.78 bits per heavy atom. The Balaban J connectivity index is 1.65. The summed E-state index contributed by atoms with van der Waals surface area (Å²) < 4.78 is 0.964. The molecular formula is C20H21BrN4O2. The van der Waals surface area contributed by atoms with E-state index in [2.05, 4.69) is 26.8 Å². The van der Waals surface area contributed by atoms with Gasteiger partial charge < -0.3 is 10.2 Å². The first kappa shape index (κ1) is 18.0. The molecule has 2 N–H and O–H groups in total. The van der Waals surface area contributed by atoms with Crippen molar-refractivity contribution < 1.29 is 9.63 Å². The van der Waals surface area contributed by atoms with Crippen LogP contribution in [0.1, 0.15) is 12.8 Å². The van der Waals surface area contributed by atoms with Crippen LogP contribution in [-0.2, 0) is 9.63 Å². The van der Waals surface area contributed by atoms with Gasteiger partial charge in [0.2, 0.25) is 11.8 Å². The molecule has 0 spiro atoms. The van der Waals surface area contributed by atoms with Gasteiger partial charge in [-0.2, -0.15) is 0 Å². The topological polar surface area (TPSA) is 56.8 Å². The summed E-state index contributed by atoms with van der Waals surface area (Å²) in [6.45, 7) is 1.72. The molecule has 0 aliphatic carbocycles. The zero-order chi connectivity index (χ0) is 18.6. The standard InChI is InChI=1S/C20H21BrN4O2/c21-16-6-8-18(9-7-16)25(20(26)15-10-12-22-13-11-15)19-14-24(23-27-19)17-4-2-1-3-5-17/h1-9,14-15,22-23H,10-13H2. The molecule has 140 valence electrons. The predicted molar refractivity (Wildman–Crippen MR) is 108 cm³/mol. The summed E-state index contributed by atoms with van der Waals surface area (Å²) in [7, 11) is 0. The molecule has 1 saturated heterocycles. The van der Waals surface area contributed by atoms with Crippen LogP contribution in [0.3, 0.4) is 0 Å². The summed E-state index contributed by atoms with van der Waals surface area (Å²) in [5.41, 5.74) is 4.58. The van der Waals surface area contributed by atoms with Crippen molar-refractivity contribution in [1.29, 1.82) is 0 Å². The molecule has 6 nitrogen and oxygen atoms in total. The van der Waals surface area contributed by atoms with Gasteiger partial charge >= 0.3 is 0 Å². The Labute approximate surface area is 166 Å². The largest absolute Gasteiger partial charge is 0.368 e. The van der Waals surface area contributed by atoms with Crippen LogP contribution >= 0.6 is 15.9 Å². The van der Waals surface area contributed by atoms with Gasteiger partial charge in [-0.1, -0.05) is 39.7 Å². The molecule has 7 heteroatoms. The molecule has 0 bridgehead atoms. The third-order valence-electron chi connectivity index (χ3n) is 4.74. The van der Waals surface area contributed by atoms with Crippen LogP contribution in [0.2, 0.25) is 0 Å². The average Bonchev–Trinajstić information content (AvgIpc) is 3.20. The Hall–Kier alpha value is -2.35. The first-order valence-corrected chi connectivity index (χ1v) is 9.80. The van der Waals surface area contributed by atoms with Crippen LogP contribution in [0.25, 0.3) is 0 Å². The summed E-state index contributed by atoms with van der Waals surface area (Å²) in [6, 6.07) is 17.5. The van der Waals surface area contributed by atoms with Crippen LogP contribution < -0.4 is 20.8 Å². The van der Waals surface area contributed by atoms with E-state index in [1.54, 1.807) is 16.1 Å². The average molecular weight is 429 g/mol. The third kappa shape index (κ3) is 4.00. The van der Waals surface area contributed by atoms with E-state index in [4.69, 9.17) is 4.84 Å². The van der Waals surface area contributed by atoms with Crippen LogP contribution in [0.15, 0.2) is 71.2 Å². The van der Waals surface area contributed by atoms with Gasteiger partial charge in [0.25, 0.3) is 0 Å². The highest BCUT2D eigenvalue weighted by atomic mass is 79.9. The van der Waals surface area contributed by atoms with E-state index in [0.29, 0.717) is 5.88 Å². The van der Waals surface area contributed by atoms with Crippen molar-refractivity contribution in [2.75, 3.05) is 23.0 Å². The third-order valence-corrected chi connectivity index (χ3v) is 5.27.